The normalized spacial score (nSPS) is 29.8. The lowest BCUT2D eigenvalue weighted by molar-refractivity contribution is -0.152. The molecule has 2 aliphatic rings. The van der Waals surface area contributed by atoms with E-state index in [1.165, 1.54) is 0 Å². The average Bonchev–Trinajstić information content (AvgIpc) is 3.00. The maximum absolute atomic E-state index is 10.5. The highest BCUT2D eigenvalue weighted by Crippen LogP contribution is 2.36. The van der Waals surface area contributed by atoms with Crippen molar-refractivity contribution >= 4 is 5.97 Å². The molecule has 4 N–H and O–H groups in total. The van der Waals surface area contributed by atoms with E-state index in [4.69, 9.17) is 14.6 Å². The Bertz CT molecular complexity index is 760. The van der Waals surface area contributed by atoms with Gasteiger partial charge in [0.2, 0.25) is 6.29 Å². The highest BCUT2D eigenvalue weighted by molar-refractivity contribution is 5.66. The number of aliphatic hydroxyl groups is 3. The number of fused-ring (bicyclic) bond motifs is 1. The zero-order valence-corrected chi connectivity index (χ0v) is 16.8. The second kappa shape index (κ2) is 10.7. The van der Waals surface area contributed by atoms with E-state index in [-0.39, 0.29) is 24.7 Å². The highest BCUT2D eigenvalue weighted by atomic mass is 16.7. The molecule has 0 unspecified atom stereocenters. The van der Waals surface area contributed by atoms with Gasteiger partial charge in [0.15, 0.2) is 0 Å². The van der Waals surface area contributed by atoms with Crippen molar-refractivity contribution in [2.75, 3.05) is 0 Å². The Morgan fingerprint density at radius 3 is 2.80 bits per heavy atom. The maximum atomic E-state index is 10.5. The van der Waals surface area contributed by atoms with Crippen LogP contribution in [-0.4, -0.2) is 51.0 Å². The molecule has 0 spiro atoms. The minimum atomic E-state index is -1.00. The average molecular weight is 418 g/mol. The van der Waals surface area contributed by atoms with Crippen LogP contribution in [0.4, 0.5) is 0 Å². The number of carbonyl (C=O) groups is 1. The molecular formula is C23H30O7. The van der Waals surface area contributed by atoms with Gasteiger partial charge in [-0.15, -0.1) is 0 Å². The zero-order chi connectivity index (χ0) is 21.5. The third-order valence-electron chi connectivity index (χ3n) is 5.68. The van der Waals surface area contributed by atoms with Crippen molar-refractivity contribution in [3.8, 4) is 5.75 Å². The summed E-state index contributed by atoms with van der Waals surface area (Å²) in [7, 11) is 0. The maximum Gasteiger partial charge on any atom is 0.303 e. The van der Waals surface area contributed by atoms with Gasteiger partial charge in [-0.3, -0.25) is 4.79 Å². The molecule has 1 saturated carbocycles. The Morgan fingerprint density at radius 1 is 1.20 bits per heavy atom. The summed E-state index contributed by atoms with van der Waals surface area (Å²) >= 11 is 0. The topological polar surface area (TPSA) is 116 Å². The number of ether oxygens (including phenoxy) is 2. The first kappa shape index (κ1) is 22.5. The summed E-state index contributed by atoms with van der Waals surface area (Å²) in [6, 6.07) is 7.50. The number of carboxylic acid groups (broad SMARTS) is 1. The summed E-state index contributed by atoms with van der Waals surface area (Å²) in [5, 5.41) is 39.8. The van der Waals surface area contributed by atoms with Gasteiger partial charge < -0.3 is 29.9 Å². The molecule has 0 aromatic heterocycles. The molecule has 3 rings (SSSR count). The molecule has 1 aliphatic carbocycles. The van der Waals surface area contributed by atoms with Gasteiger partial charge >= 0.3 is 5.97 Å². The molecule has 1 fully saturated rings. The molecule has 1 aromatic carbocycles. The second-order valence-corrected chi connectivity index (χ2v) is 7.89. The summed E-state index contributed by atoms with van der Waals surface area (Å²) in [5.74, 6) is -0.596. The number of rotatable bonds is 9. The van der Waals surface area contributed by atoms with E-state index in [9.17, 15) is 20.1 Å². The molecule has 0 saturated heterocycles. The van der Waals surface area contributed by atoms with Crippen molar-refractivity contribution < 1.29 is 34.7 Å². The monoisotopic (exact) mass is 418 g/mol. The minimum absolute atomic E-state index is 0.133. The predicted molar refractivity (Wildman–Crippen MR) is 110 cm³/mol. The molecule has 30 heavy (non-hydrogen) atoms. The summed E-state index contributed by atoms with van der Waals surface area (Å²) in [6.07, 6.45) is 6.20. The van der Waals surface area contributed by atoms with E-state index in [2.05, 4.69) is 0 Å². The number of hydrogen-bond donors (Lipinski definition) is 4. The highest BCUT2D eigenvalue weighted by Gasteiger charge is 2.39. The van der Waals surface area contributed by atoms with E-state index in [1.807, 2.05) is 36.4 Å². The summed E-state index contributed by atoms with van der Waals surface area (Å²) < 4.78 is 11.3. The Labute approximate surface area is 176 Å². The number of benzene rings is 1. The molecule has 1 aliphatic heterocycles. The molecule has 7 nitrogen and oxygen atoms in total. The fourth-order valence-corrected chi connectivity index (χ4v) is 4.02. The number of para-hydroxylation sites is 1. The fourth-order valence-electron chi connectivity index (χ4n) is 4.02. The smallest absolute Gasteiger partial charge is 0.303 e. The minimum Gasteiger partial charge on any atom is -0.481 e. The number of carboxylic acids is 1. The first-order valence-electron chi connectivity index (χ1n) is 10.4. The van der Waals surface area contributed by atoms with Crippen LogP contribution in [0.5, 0.6) is 5.75 Å². The molecule has 7 heteroatoms. The molecule has 0 amide bonds. The van der Waals surface area contributed by atoms with Gasteiger partial charge in [-0.1, -0.05) is 42.5 Å². The van der Waals surface area contributed by atoms with E-state index in [0.29, 0.717) is 31.6 Å². The molecule has 0 radical (unpaired) electrons. The Kier molecular flexibility index (Phi) is 8.04. The molecular weight excluding hydrogens is 388 g/mol. The van der Waals surface area contributed by atoms with Gasteiger partial charge in [0, 0.05) is 24.3 Å². The van der Waals surface area contributed by atoms with Crippen LogP contribution in [0.25, 0.3) is 0 Å². The first-order valence-corrected chi connectivity index (χ1v) is 10.4. The van der Waals surface area contributed by atoms with Crippen LogP contribution in [-0.2, 0) is 16.1 Å². The lowest BCUT2D eigenvalue weighted by atomic mass is 9.89. The Balaban J connectivity index is 1.54. The van der Waals surface area contributed by atoms with E-state index in [1.54, 1.807) is 12.2 Å². The van der Waals surface area contributed by atoms with Crippen molar-refractivity contribution in [3.63, 3.8) is 0 Å². The van der Waals surface area contributed by atoms with E-state index in [0.717, 1.165) is 5.56 Å². The third kappa shape index (κ3) is 5.92. The van der Waals surface area contributed by atoms with Crippen molar-refractivity contribution in [1.82, 2.24) is 0 Å². The lowest BCUT2D eigenvalue weighted by Gasteiger charge is -2.28. The number of aliphatic carboxylic acids is 1. The number of allylic oxidation sites excluding steroid dienone is 2. The van der Waals surface area contributed by atoms with Crippen molar-refractivity contribution in [1.29, 1.82) is 0 Å². The van der Waals surface area contributed by atoms with Gasteiger partial charge in [-0.25, -0.2) is 0 Å². The van der Waals surface area contributed by atoms with Crippen LogP contribution in [0.1, 0.15) is 37.7 Å². The van der Waals surface area contributed by atoms with E-state index < -0.39 is 30.6 Å². The molecule has 164 valence electrons. The molecule has 0 bridgehead atoms. The summed E-state index contributed by atoms with van der Waals surface area (Å²) in [6.45, 7) is 0.353. The van der Waals surface area contributed by atoms with Crippen LogP contribution >= 0.6 is 0 Å². The number of hydrogen-bond acceptors (Lipinski definition) is 6. The molecule has 1 heterocycles. The first-order chi connectivity index (χ1) is 14.5. The van der Waals surface area contributed by atoms with Crippen molar-refractivity contribution in [2.45, 2.75) is 63.3 Å². The van der Waals surface area contributed by atoms with Crippen molar-refractivity contribution in [3.05, 3.63) is 54.1 Å². The molecule has 1 aromatic rings. The fraction of sp³-hybridized carbons (Fsp3) is 0.522. The largest absolute Gasteiger partial charge is 0.481 e. The predicted octanol–water partition coefficient (Wildman–Crippen LogP) is 2.40. The van der Waals surface area contributed by atoms with Crippen molar-refractivity contribution in [2.24, 2.45) is 11.8 Å². The van der Waals surface area contributed by atoms with Crippen LogP contribution in [0.2, 0.25) is 0 Å². The van der Waals surface area contributed by atoms with Gasteiger partial charge in [-0.05, 0) is 31.2 Å². The van der Waals surface area contributed by atoms with Gasteiger partial charge in [0.25, 0.3) is 0 Å². The number of unbranched alkanes of at least 4 members (excludes halogenated alkanes) is 1. The molecule has 6 atom stereocenters. The standard InChI is InChI=1S/C23H30O7/c24-18(23-29-14-15-7-5-6-9-21(15)30-23)12-11-17-16(19(25)13-20(17)26)8-3-1-2-4-10-22(27)28/h1,3,5-7,9,11-12,16-20,23-26H,2,4,8,10,13-14H2,(H,27,28)/b3-1-,12-11+/t16-,17-,18+,19+,20-,23+/m1/s1. The van der Waals surface area contributed by atoms with Crippen LogP contribution in [0.15, 0.2) is 48.6 Å². The van der Waals surface area contributed by atoms with Crippen LogP contribution in [0, 0.1) is 11.8 Å². The van der Waals surface area contributed by atoms with E-state index >= 15 is 0 Å². The van der Waals surface area contributed by atoms with Gasteiger partial charge in [-0.2, -0.15) is 0 Å². The Hall–Kier alpha value is -2.19. The van der Waals surface area contributed by atoms with Gasteiger partial charge in [0.1, 0.15) is 11.9 Å². The quantitative estimate of drug-likeness (QED) is 0.359. The van der Waals surface area contributed by atoms with Gasteiger partial charge in [0.05, 0.1) is 18.8 Å². The summed E-state index contributed by atoms with van der Waals surface area (Å²) in [4.78, 5) is 10.5. The third-order valence-corrected chi connectivity index (χ3v) is 5.68. The Morgan fingerprint density at radius 2 is 2.00 bits per heavy atom. The second-order valence-electron chi connectivity index (χ2n) is 7.89. The van der Waals surface area contributed by atoms with Crippen LogP contribution in [0.3, 0.4) is 0 Å². The number of aliphatic hydroxyl groups excluding tert-OH is 3. The van der Waals surface area contributed by atoms with Crippen LogP contribution < -0.4 is 4.74 Å². The zero-order valence-electron chi connectivity index (χ0n) is 16.8. The lowest BCUT2D eigenvalue weighted by Crippen LogP contribution is -2.36. The summed E-state index contributed by atoms with van der Waals surface area (Å²) in [5.41, 5.74) is 0.925. The SMILES string of the molecule is O=C(O)CCC/C=C\C[C@@H]1[C@@H](/C=C/[C@H](O)[C@H]2OCc3ccccc3O2)[C@H](O)C[C@@H]1O.